The van der Waals surface area contributed by atoms with Gasteiger partial charge >= 0.3 is 0 Å². The minimum absolute atomic E-state index is 0. The van der Waals surface area contributed by atoms with Crippen molar-refractivity contribution in [3.63, 3.8) is 0 Å². The van der Waals surface area contributed by atoms with Gasteiger partial charge in [-0.25, -0.2) is 0 Å². The van der Waals surface area contributed by atoms with E-state index in [9.17, 15) is 0 Å². The molecule has 402 valence electrons. The largest absolute Gasteiger partial charge is 1.00 e. The number of unbranched alkanes of at least 4 members (excludes halogenated alkanes) is 1. The fourth-order valence-electron chi connectivity index (χ4n) is 12.9. The Morgan fingerprint density at radius 2 is 0.988 bits per heavy atom. The van der Waals surface area contributed by atoms with Crippen molar-refractivity contribution in [2.75, 3.05) is 30.9 Å². The highest BCUT2D eigenvalue weighted by molar-refractivity contribution is 7.95. The maximum atomic E-state index is 17.5. The van der Waals surface area contributed by atoms with Crippen LogP contribution in [0.2, 0.25) is 0 Å². The summed E-state index contributed by atoms with van der Waals surface area (Å²) < 4.78 is 36.1. The second kappa shape index (κ2) is 22.7. The molecule has 0 radical (unpaired) electrons. The van der Waals surface area contributed by atoms with Gasteiger partial charge in [0.05, 0.1) is 24.8 Å². The van der Waals surface area contributed by atoms with Gasteiger partial charge < -0.3 is 40.7 Å². The third-order valence-corrected chi connectivity index (χ3v) is 24.4. The minimum Gasteiger partial charge on any atom is -1.00 e. The SMILES string of the molecule is O=P1(c2ccccc2)C2=C(c3ccc4ccccc4c31)C(c1ccc(OCCCC[P+](c3ccccc3)(c3ccccc3)c3ccccc3)cc1)(c1ccc(OCC3CO3)cc1)c1cc(N(c3ccccc3)c3ccccc3)ccc12.[Br-]. The molecule has 0 bridgehead atoms. The van der Waals surface area contributed by atoms with E-state index in [4.69, 9.17) is 14.2 Å². The van der Waals surface area contributed by atoms with Gasteiger partial charge in [-0.3, -0.25) is 0 Å². The van der Waals surface area contributed by atoms with Crippen LogP contribution in [0.4, 0.5) is 17.1 Å². The average Bonchev–Trinajstić information content (AvgIpc) is 4.32. The van der Waals surface area contributed by atoms with Gasteiger partial charge in [-0.05, 0) is 154 Å². The van der Waals surface area contributed by atoms with E-state index in [2.05, 4.69) is 272 Å². The molecule has 0 saturated carbocycles. The number of nitrogens with zero attached hydrogens (tertiary/aromatic N) is 1. The summed E-state index contributed by atoms with van der Waals surface area (Å²) in [5.74, 6) is 1.58. The molecule has 1 aliphatic carbocycles. The van der Waals surface area contributed by atoms with E-state index in [0.29, 0.717) is 19.8 Å². The Labute approximate surface area is 492 Å². The van der Waals surface area contributed by atoms with Gasteiger partial charge in [-0.15, -0.1) is 0 Å². The molecule has 2 heterocycles. The van der Waals surface area contributed by atoms with E-state index in [1.54, 1.807) is 0 Å². The summed E-state index contributed by atoms with van der Waals surface area (Å²) in [6.45, 7) is 1.79. The Morgan fingerprint density at radius 1 is 0.500 bits per heavy atom. The normalized spacial score (nSPS) is 17.5. The number of rotatable bonds is 18. The van der Waals surface area contributed by atoms with Gasteiger partial charge in [0.1, 0.15) is 47.4 Å². The summed E-state index contributed by atoms with van der Waals surface area (Å²) in [5, 5.41) is 8.86. The first-order chi connectivity index (χ1) is 40.0. The van der Waals surface area contributed by atoms with Crippen LogP contribution in [0.15, 0.2) is 285 Å². The third-order valence-electron chi connectivity index (χ3n) is 16.6. The van der Waals surface area contributed by atoms with Crippen LogP contribution >= 0.6 is 14.4 Å². The van der Waals surface area contributed by atoms with Gasteiger partial charge in [0.15, 0.2) is 7.14 Å². The van der Waals surface area contributed by atoms with Gasteiger partial charge in [-0.2, -0.15) is 0 Å². The molecule has 11 aromatic rings. The Balaban J connectivity index is 0.00000631. The number of anilines is 3. The highest BCUT2D eigenvalue weighted by atomic mass is 79.9. The Morgan fingerprint density at radius 3 is 1.54 bits per heavy atom. The van der Waals surface area contributed by atoms with E-state index in [0.717, 1.165) is 108 Å². The first-order valence-electron chi connectivity index (χ1n) is 28.2. The lowest BCUT2D eigenvalue weighted by Gasteiger charge is -2.37. The molecule has 0 aromatic heterocycles. The zero-order chi connectivity index (χ0) is 54.2. The van der Waals surface area contributed by atoms with Crippen molar-refractivity contribution in [1.82, 2.24) is 0 Å². The van der Waals surface area contributed by atoms with Crippen LogP contribution in [0, 0.1) is 0 Å². The van der Waals surface area contributed by atoms with Crippen molar-refractivity contribution < 1.29 is 35.8 Å². The Hall–Kier alpha value is -8.08. The number of hydrogen-bond acceptors (Lipinski definition) is 5. The minimum atomic E-state index is -3.59. The van der Waals surface area contributed by atoms with E-state index >= 15 is 4.57 Å². The zero-order valence-corrected chi connectivity index (χ0v) is 48.7. The molecular formula is C74H60BrNO4P2. The molecule has 0 N–H and O–H groups in total. The number of hydrogen-bond donors (Lipinski definition) is 0. The fraction of sp³-hybridized carbons (Fsp3) is 0.108. The maximum Gasteiger partial charge on any atom is 0.173 e. The van der Waals surface area contributed by atoms with Crippen LogP contribution in [0.3, 0.4) is 0 Å². The van der Waals surface area contributed by atoms with E-state index in [1.165, 1.54) is 15.9 Å². The van der Waals surface area contributed by atoms with Crippen molar-refractivity contribution in [2.24, 2.45) is 0 Å². The van der Waals surface area contributed by atoms with E-state index in [1.807, 2.05) is 18.2 Å². The van der Waals surface area contributed by atoms with Crippen molar-refractivity contribution in [3.05, 3.63) is 313 Å². The number of allylic oxidation sites excluding steroid dienone is 1. The molecule has 8 heteroatoms. The van der Waals surface area contributed by atoms with Gasteiger partial charge in [-0.1, -0.05) is 188 Å². The predicted molar refractivity (Wildman–Crippen MR) is 338 cm³/mol. The molecule has 3 unspecified atom stereocenters. The van der Waals surface area contributed by atoms with E-state index < -0.39 is 19.8 Å². The fourth-order valence-corrected chi connectivity index (χ4v) is 20.9. The number of para-hydroxylation sites is 2. The molecule has 82 heavy (non-hydrogen) atoms. The molecule has 3 atom stereocenters. The molecule has 3 aliphatic rings. The van der Waals surface area contributed by atoms with Gasteiger partial charge in [0.2, 0.25) is 0 Å². The molecule has 14 rings (SSSR count). The summed E-state index contributed by atoms with van der Waals surface area (Å²) in [6, 6.07) is 102. The summed E-state index contributed by atoms with van der Waals surface area (Å²) in [7, 11) is -5.57. The second-order valence-corrected chi connectivity index (χ2v) is 27.5. The molecule has 2 aliphatic heterocycles. The summed E-state index contributed by atoms with van der Waals surface area (Å²) >= 11 is 0. The van der Waals surface area contributed by atoms with Crippen molar-refractivity contribution >= 4 is 79.6 Å². The van der Waals surface area contributed by atoms with Crippen LogP contribution in [-0.4, -0.2) is 32.1 Å². The molecule has 5 nitrogen and oxygen atoms in total. The van der Waals surface area contributed by atoms with Gasteiger partial charge in [0, 0.05) is 33.0 Å². The van der Waals surface area contributed by atoms with Crippen molar-refractivity contribution in [3.8, 4) is 11.5 Å². The quantitative estimate of drug-likeness (QED) is 0.0487. The number of ether oxygens (including phenoxy) is 3. The molecule has 1 saturated heterocycles. The lowest BCUT2D eigenvalue weighted by Crippen LogP contribution is -3.00. The van der Waals surface area contributed by atoms with Crippen molar-refractivity contribution in [1.29, 1.82) is 0 Å². The second-order valence-electron chi connectivity index (χ2n) is 21.2. The van der Waals surface area contributed by atoms with Crippen molar-refractivity contribution in [2.45, 2.75) is 24.4 Å². The number of epoxide rings is 1. The zero-order valence-electron chi connectivity index (χ0n) is 45.3. The number of fused-ring (bicyclic) bond motifs is 6. The summed E-state index contributed by atoms with van der Waals surface area (Å²) in [5.41, 5.74) is 8.29. The molecule has 1 fully saturated rings. The Kier molecular flexibility index (Phi) is 14.7. The number of halogens is 1. The van der Waals surface area contributed by atoms with Crippen LogP contribution in [0.25, 0.3) is 21.7 Å². The standard InChI is InChI=1S/C74H60NO4P2.BrH/c76-81(66-34-17-6-18-35-66)72-67-36-20-19-23-54(67)37-47-69(72)71-73(81)68-48-42-59(75(57-24-7-1-8-25-57)58-26-9-2-10-27-58)51-70(68)74(71,56-40-45-61(46-41-56)78-52-62-53-79-62)55-38-43-60(44-39-55)77-49-21-22-50-80(63-28-11-3-12-29-63,64-30-13-4-14-31-64)65-32-15-5-16-33-65;/h1-20,23-48,51,62H,21-22,49-50,52-53H2;1H/q+1;/p-1. The predicted octanol–water partition coefficient (Wildman–Crippen LogP) is 12.8. The highest BCUT2D eigenvalue weighted by Gasteiger charge is 2.58. The smallest absolute Gasteiger partial charge is 0.173 e. The van der Waals surface area contributed by atoms with Gasteiger partial charge in [0.25, 0.3) is 0 Å². The monoisotopic (exact) mass is 1170 g/mol. The first kappa shape index (κ1) is 53.2. The molecular weight excluding hydrogens is 1110 g/mol. The Bertz CT molecular complexity index is 3970. The van der Waals surface area contributed by atoms with E-state index in [-0.39, 0.29) is 23.1 Å². The highest BCUT2D eigenvalue weighted by Crippen LogP contribution is 2.74. The number of benzene rings is 11. The lowest BCUT2D eigenvalue weighted by atomic mass is 9.65. The first-order valence-corrected chi connectivity index (χ1v) is 31.9. The topological polar surface area (TPSA) is 51.3 Å². The van der Waals surface area contributed by atoms with Crippen LogP contribution in [0.5, 0.6) is 11.5 Å². The lowest BCUT2D eigenvalue weighted by molar-refractivity contribution is -0.0000175. The molecule has 0 spiro atoms. The van der Waals surface area contributed by atoms with Crippen LogP contribution in [-0.2, 0) is 14.7 Å². The maximum absolute atomic E-state index is 17.5. The summed E-state index contributed by atoms with van der Waals surface area (Å²) in [4.78, 5) is 2.33. The molecule has 11 aromatic carbocycles. The van der Waals surface area contributed by atoms with Crippen LogP contribution < -0.4 is 57.9 Å². The third kappa shape index (κ3) is 9.23. The average molecular weight is 1170 g/mol. The van der Waals surface area contributed by atoms with Crippen LogP contribution in [0.1, 0.15) is 40.7 Å². The molecule has 0 amide bonds. The summed E-state index contributed by atoms with van der Waals surface area (Å²) in [6.07, 6.45) is 3.04.